The van der Waals surface area contributed by atoms with Gasteiger partial charge in [0, 0.05) is 18.6 Å². The maximum atomic E-state index is 5.58. The van der Waals surface area contributed by atoms with Crippen molar-refractivity contribution in [3.8, 4) is 0 Å². The predicted molar refractivity (Wildman–Crippen MR) is 82.8 cm³/mol. The molecule has 2 aliphatic rings. The Morgan fingerprint density at radius 1 is 1.00 bits per heavy atom. The molecule has 0 bridgehead atoms. The fourth-order valence-corrected chi connectivity index (χ4v) is 4.14. The van der Waals surface area contributed by atoms with E-state index >= 15 is 0 Å². The zero-order chi connectivity index (χ0) is 13.8. The van der Waals surface area contributed by atoms with Crippen LogP contribution in [0, 0.1) is 5.92 Å². The summed E-state index contributed by atoms with van der Waals surface area (Å²) in [7, 11) is 0. The average molecular weight is 273 g/mol. The molecule has 1 unspecified atom stereocenters. The van der Waals surface area contributed by atoms with Gasteiger partial charge in [0.2, 0.25) is 0 Å². The standard InChI is InChI=1S/C18H27NO/c1-18(16-8-4-2-5-9-16,17-10-6-3-7-11-17)19-12-14-20-15-13-19/h2,4-5,8-9,17H,3,6-7,10-15H2,1H3. The Hall–Kier alpha value is -0.860. The van der Waals surface area contributed by atoms with E-state index in [0.29, 0.717) is 0 Å². The Kier molecular flexibility index (Phi) is 4.42. The van der Waals surface area contributed by atoms with E-state index in [4.69, 9.17) is 4.74 Å². The summed E-state index contributed by atoms with van der Waals surface area (Å²) in [5, 5.41) is 0. The van der Waals surface area contributed by atoms with Gasteiger partial charge >= 0.3 is 0 Å². The molecule has 2 nitrogen and oxygen atoms in total. The van der Waals surface area contributed by atoms with Crippen molar-refractivity contribution in [2.24, 2.45) is 5.92 Å². The van der Waals surface area contributed by atoms with Gasteiger partial charge in [-0.3, -0.25) is 4.90 Å². The summed E-state index contributed by atoms with van der Waals surface area (Å²) in [4.78, 5) is 2.68. The van der Waals surface area contributed by atoms with Crippen molar-refractivity contribution in [2.75, 3.05) is 26.3 Å². The molecule has 20 heavy (non-hydrogen) atoms. The first kappa shape index (κ1) is 14.1. The first-order valence-electron chi connectivity index (χ1n) is 8.20. The van der Waals surface area contributed by atoms with Crippen LogP contribution in [-0.4, -0.2) is 31.2 Å². The number of nitrogens with zero attached hydrogens (tertiary/aromatic N) is 1. The second-order valence-corrected chi connectivity index (χ2v) is 6.45. The van der Waals surface area contributed by atoms with Crippen LogP contribution in [0.25, 0.3) is 0 Å². The van der Waals surface area contributed by atoms with Crippen LogP contribution in [0.5, 0.6) is 0 Å². The fraction of sp³-hybridized carbons (Fsp3) is 0.667. The van der Waals surface area contributed by atoms with Crippen LogP contribution in [0.1, 0.15) is 44.6 Å². The van der Waals surface area contributed by atoms with Gasteiger partial charge in [-0.15, -0.1) is 0 Å². The van der Waals surface area contributed by atoms with Crippen LogP contribution in [0.3, 0.4) is 0 Å². The number of ether oxygens (including phenoxy) is 1. The van der Waals surface area contributed by atoms with E-state index in [1.54, 1.807) is 0 Å². The molecule has 0 spiro atoms. The van der Waals surface area contributed by atoms with Gasteiger partial charge in [-0.1, -0.05) is 49.6 Å². The molecule has 1 atom stereocenters. The van der Waals surface area contributed by atoms with Crippen LogP contribution in [0.15, 0.2) is 30.3 Å². The molecule has 110 valence electrons. The number of rotatable bonds is 3. The molecule has 2 heteroatoms. The molecule has 1 heterocycles. The van der Waals surface area contributed by atoms with Crippen molar-refractivity contribution in [1.29, 1.82) is 0 Å². The Labute approximate surface area is 123 Å². The molecule has 2 fully saturated rings. The molecule has 1 aliphatic heterocycles. The number of hydrogen-bond donors (Lipinski definition) is 0. The predicted octanol–water partition coefficient (Wildman–Crippen LogP) is 3.81. The quantitative estimate of drug-likeness (QED) is 0.830. The van der Waals surface area contributed by atoms with Crippen LogP contribution >= 0.6 is 0 Å². The third-order valence-electron chi connectivity index (χ3n) is 5.43. The summed E-state index contributed by atoms with van der Waals surface area (Å²) in [6.45, 7) is 6.39. The Bertz CT molecular complexity index is 387. The van der Waals surface area contributed by atoms with E-state index in [1.165, 1.54) is 37.7 Å². The molecule has 1 aliphatic carbocycles. The van der Waals surface area contributed by atoms with Crippen molar-refractivity contribution in [2.45, 2.75) is 44.6 Å². The Morgan fingerprint density at radius 2 is 1.65 bits per heavy atom. The summed E-state index contributed by atoms with van der Waals surface area (Å²) < 4.78 is 5.58. The second kappa shape index (κ2) is 6.28. The minimum atomic E-state index is 0.186. The van der Waals surface area contributed by atoms with Crippen LogP contribution < -0.4 is 0 Å². The van der Waals surface area contributed by atoms with Gasteiger partial charge in [0.25, 0.3) is 0 Å². The number of hydrogen-bond acceptors (Lipinski definition) is 2. The number of benzene rings is 1. The third-order valence-corrected chi connectivity index (χ3v) is 5.43. The van der Waals surface area contributed by atoms with Gasteiger partial charge in [-0.2, -0.15) is 0 Å². The molecule has 1 aromatic carbocycles. The van der Waals surface area contributed by atoms with Crippen molar-refractivity contribution >= 4 is 0 Å². The van der Waals surface area contributed by atoms with Crippen molar-refractivity contribution in [1.82, 2.24) is 4.90 Å². The summed E-state index contributed by atoms with van der Waals surface area (Å²) in [6, 6.07) is 11.2. The first-order chi connectivity index (χ1) is 9.82. The highest BCUT2D eigenvalue weighted by Crippen LogP contribution is 2.43. The highest BCUT2D eigenvalue weighted by atomic mass is 16.5. The third kappa shape index (κ3) is 2.64. The molecule has 0 amide bonds. The smallest absolute Gasteiger partial charge is 0.0594 e. The zero-order valence-electron chi connectivity index (χ0n) is 12.7. The van der Waals surface area contributed by atoms with E-state index in [9.17, 15) is 0 Å². The van der Waals surface area contributed by atoms with Gasteiger partial charge in [0.15, 0.2) is 0 Å². The molecule has 0 N–H and O–H groups in total. The van der Waals surface area contributed by atoms with Crippen LogP contribution in [0.4, 0.5) is 0 Å². The SMILES string of the molecule is CC(c1ccccc1)(C1CCCCC1)N1CCOCC1. The lowest BCUT2D eigenvalue weighted by Crippen LogP contribution is -2.54. The molecule has 0 aromatic heterocycles. The lowest BCUT2D eigenvalue weighted by Gasteiger charge is -2.49. The summed E-state index contributed by atoms with van der Waals surface area (Å²) in [6.07, 6.45) is 6.98. The Balaban J connectivity index is 1.92. The van der Waals surface area contributed by atoms with E-state index in [0.717, 1.165) is 32.2 Å². The average Bonchev–Trinajstić information content (AvgIpc) is 2.56. The highest BCUT2D eigenvalue weighted by Gasteiger charge is 2.41. The molecular weight excluding hydrogens is 246 g/mol. The lowest BCUT2D eigenvalue weighted by molar-refractivity contribution is -0.0497. The minimum Gasteiger partial charge on any atom is -0.379 e. The molecule has 1 aromatic rings. The molecular formula is C18H27NO. The number of morpholine rings is 1. The van der Waals surface area contributed by atoms with Gasteiger partial charge < -0.3 is 4.74 Å². The summed E-state index contributed by atoms with van der Waals surface area (Å²) >= 11 is 0. The van der Waals surface area contributed by atoms with E-state index in [2.05, 4.69) is 42.2 Å². The second-order valence-electron chi connectivity index (χ2n) is 6.45. The lowest BCUT2D eigenvalue weighted by atomic mass is 9.71. The van der Waals surface area contributed by atoms with Crippen molar-refractivity contribution < 1.29 is 4.74 Å². The largest absolute Gasteiger partial charge is 0.379 e. The van der Waals surface area contributed by atoms with Crippen molar-refractivity contribution in [3.63, 3.8) is 0 Å². The normalized spacial score (nSPS) is 25.2. The molecule has 1 saturated heterocycles. The van der Waals surface area contributed by atoms with Crippen molar-refractivity contribution in [3.05, 3.63) is 35.9 Å². The van der Waals surface area contributed by atoms with Crippen LogP contribution in [-0.2, 0) is 10.3 Å². The molecule has 0 radical (unpaired) electrons. The van der Waals surface area contributed by atoms with E-state index < -0.39 is 0 Å². The monoisotopic (exact) mass is 273 g/mol. The molecule has 1 saturated carbocycles. The topological polar surface area (TPSA) is 12.5 Å². The van der Waals surface area contributed by atoms with Gasteiger partial charge in [-0.05, 0) is 31.2 Å². The first-order valence-corrected chi connectivity index (χ1v) is 8.20. The van der Waals surface area contributed by atoms with E-state index in [1.807, 2.05) is 0 Å². The van der Waals surface area contributed by atoms with Gasteiger partial charge in [0.1, 0.15) is 0 Å². The molecule has 3 rings (SSSR count). The maximum absolute atomic E-state index is 5.58. The van der Waals surface area contributed by atoms with Gasteiger partial charge in [-0.25, -0.2) is 0 Å². The van der Waals surface area contributed by atoms with Gasteiger partial charge in [0.05, 0.1) is 13.2 Å². The van der Waals surface area contributed by atoms with E-state index in [-0.39, 0.29) is 5.54 Å². The van der Waals surface area contributed by atoms with Crippen LogP contribution in [0.2, 0.25) is 0 Å². The fourth-order valence-electron chi connectivity index (χ4n) is 4.14. The summed E-state index contributed by atoms with van der Waals surface area (Å²) in [5.41, 5.74) is 1.68. The minimum absolute atomic E-state index is 0.186. The zero-order valence-corrected chi connectivity index (χ0v) is 12.7. The maximum Gasteiger partial charge on any atom is 0.0594 e. The Morgan fingerprint density at radius 3 is 2.30 bits per heavy atom. The highest BCUT2D eigenvalue weighted by molar-refractivity contribution is 5.25. The summed E-state index contributed by atoms with van der Waals surface area (Å²) in [5.74, 6) is 0.789.